The monoisotopic (exact) mass is 209 g/mol. The molecule has 1 fully saturated rings. The molecule has 2 rings (SSSR count). The Bertz CT molecular complexity index is 359. The van der Waals surface area contributed by atoms with Gasteiger partial charge in [0, 0.05) is 18.7 Å². The molecule has 1 aliphatic heterocycles. The first-order valence-corrected chi connectivity index (χ1v) is 5.03. The molecule has 0 bridgehead atoms. The van der Waals surface area contributed by atoms with Crippen LogP contribution < -0.4 is 5.32 Å². The zero-order chi connectivity index (χ0) is 10.8. The van der Waals surface area contributed by atoms with E-state index in [9.17, 15) is 10.2 Å². The lowest BCUT2D eigenvalue weighted by Crippen LogP contribution is -2.33. The van der Waals surface area contributed by atoms with Crippen molar-refractivity contribution in [3.05, 3.63) is 23.3 Å². The van der Waals surface area contributed by atoms with Gasteiger partial charge in [0.05, 0.1) is 12.7 Å². The van der Waals surface area contributed by atoms with Crippen LogP contribution in [0.25, 0.3) is 0 Å². The van der Waals surface area contributed by atoms with Crippen molar-refractivity contribution in [2.24, 2.45) is 0 Å². The van der Waals surface area contributed by atoms with E-state index in [0.29, 0.717) is 24.3 Å². The highest BCUT2D eigenvalue weighted by molar-refractivity contribution is 5.45. The van der Waals surface area contributed by atoms with Crippen molar-refractivity contribution < 1.29 is 14.9 Å². The number of hydrogen-bond acceptors (Lipinski definition) is 4. The quantitative estimate of drug-likeness (QED) is 0.605. The third-order valence-electron chi connectivity index (χ3n) is 2.62. The normalized spacial score (nSPS) is 21.5. The SMILES string of the molecule is Cc1cc(O)c(C2CNCCO2)cc1O. The van der Waals surface area contributed by atoms with E-state index in [1.807, 2.05) is 0 Å². The molecule has 1 aliphatic rings. The molecular weight excluding hydrogens is 194 g/mol. The number of nitrogens with one attached hydrogen (secondary N) is 1. The van der Waals surface area contributed by atoms with E-state index < -0.39 is 0 Å². The summed E-state index contributed by atoms with van der Waals surface area (Å²) in [5, 5.41) is 22.5. The minimum Gasteiger partial charge on any atom is -0.508 e. The molecule has 1 heterocycles. The Morgan fingerprint density at radius 2 is 2.13 bits per heavy atom. The first kappa shape index (κ1) is 10.3. The second-order valence-corrected chi connectivity index (χ2v) is 3.76. The molecule has 1 unspecified atom stereocenters. The number of benzene rings is 1. The first-order chi connectivity index (χ1) is 7.18. The Balaban J connectivity index is 2.30. The Morgan fingerprint density at radius 1 is 1.33 bits per heavy atom. The predicted molar refractivity (Wildman–Crippen MR) is 56.1 cm³/mol. The van der Waals surface area contributed by atoms with Crippen molar-refractivity contribution in [1.82, 2.24) is 5.32 Å². The molecule has 0 radical (unpaired) electrons. The molecule has 0 amide bonds. The van der Waals surface area contributed by atoms with Crippen LogP contribution in [-0.2, 0) is 4.74 Å². The maximum absolute atomic E-state index is 9.75. The molecule has 4 nitrogen and oxygen atoms in total. The van der Waals surface area contributed by atoms with Crippen LogP contribution >= 0.6 is 0 Å². The van der Waals surface area contributed by atoms with Gasteiger partial charge in [0.2, 0.25) is 0 Å². The molecule has 1 saturated heterocycles. The molecule has 82 valence electrons. The van der Waals surface area contributed by atoms with E-state index in [-0.39, 0.29) is 17.6 Å². The highest BCUT2D eigenvalue weighted by Gasteiger charge is 2.20. The minimum atomic E-state index is -0.176. The van der Waals surface area contributed by atoms with Crippen LogP contribution in [0.15, 0.2) is 12.1 Å². The molecule has 1 atom stereocenters. The van der Waals surface area contributed by atoms with Gasteiger partial charge in [-0.2, -0.15) is 0 Å². The Morgan fingerprint density at radius 3 is 2.80 bits per heavy atom. The van der Waals surface area contributed by atoms with Gasteiger partial charge in [-0.1, -0.05) is 0 Å². The topological polar surface area (TPSA) is 61.7 Å². The van der Waals surface area contributed by atoms with Crippen molar-refractivity contribution in [3.63, 3.8) is 0 Å². The average Bonchev–Trinajstić information content (AvgIpc) is 2.25. The first-order valence-electron chi connectivity index (χ1n) is 5.03. The van der Waals surface area contributed by atoms with Gasteiger partial charge in [0.1, 0.15) is 11.5 Å². The molecule has 1 aromatic rings. The van der Waals surface area contributed by atoms with Gasteiger partial charge in [0.25, 0.3) is 0 Å². The maximum atomic E-state index is 9.75. The summed E-state index contributed by atoms with van der Waals surface area (Å²) in [6.07, 6.45) is -0.176. The fourth-order valence-corrected chi connectivity index (χ4v) is 1.72. The van der Waals surface area contributed by atoms with Gasteiger partial charge in [-0.3, -0.25) is 0 Å². The standard InChI is InChI=1S/C11H15NO3/c1-7-4-10(14)8(5-9(7)13)11-6-12-2-3-15-11/h4-5,11-14H,2-3,6H2,1H3. The maximum Gasteiger partial charge on any atom is 0.121 e. The summed E-state index contributed by atoms with van der Waals surface area (Å²) in [5.74, 6) is 0.371. The summed E-state index contributed by atoms with van der Waals surface area (Å²) in [6.45, 7) is 3.86. The number of rotatable bonds is 1. The molecule has 1 aromatic carbocycles. The van der Waals surface area contributed by atoms with Gasteiger partial charge in [-0.25, -0.2) is 0 Å². The smallest absolute Gasteiger partial charge is 0.121 e. The average molecular weight is 209 g/mol. The van der Waals surface area contributed by atoms with Crippen molar-refractivity contribution in [1.29, 1.82) is 0 Å². The fourth-order valence-electron chi connectivity index (χ4n) is 1.72. The number of aromatic hydroxyl groups is 2. The zero-order valence-electron chi connectivity index (χ0n) is 8.66. The number of ether oxygens (including phenoxy) is 1. The van der Waals surface area contributed by atoms with Crippen LogP contribution in [-0.4, -0.2) is 29.9 Å². The van der Waals surface area contributed by atoms with Crippen molar-refractivity contribution in [3.8, 4) is 11.5 Å². The number of phenols is 2. The van der Waals surface area contributed by atoms with Gasteiger partial charge in [-0.15, -0.1) is 0 Å². The highest BCUT2D eigenvalue weighted by Crippen LogP contribution is 2.32. The lowest BCUT2D eigenvalue weighted by atomic mass is 10.0. The van der Waals surface area contributed by atoms with E-state index in [0.717, 1.165) is 6.54 Å². The zero-order valence-corrected chi connectivity index (χ0v) is 8.66. The number of aryl methyl sites for hydroxylation is 1. The molecule has 15 heavy (non-hydrogen) atoms. The van der Waals surface area contributed by atoms with Gasteiger partial charge in [0.15, 0.2) is 0 Å². The molecule has 4 heteroatoms. The largest absolute Gasteiger partial charge is 0.508 e. The van der Waals surface area contributed by atoms with E-state index >= 15 is 0 Å². The fraction of sp³-hybridized carbons (Fsp3) is 0.455. The Kier molecular flexibility index (Phi) is 2.79. The molecule has 0 spiro atoms. The van der Waals surface area contributed by atoms with E-state index in [4.69, 9.17) is 4.74 Å². The summed E-state index contributed by atoms with van der Waals surface area (Å²) in [7, 11) is 0. The van der Waals surface area contributed by atoms with Crippen molar-refractivity contribution >= 4 is 0 Å². The number of morpholine rings is 1. The van der Waals surface area contributed by atoms with Gasteiger partial charge >= 0.3 is 0 Å². The molecular formula is C11H15NO3. The summed E-state index contributed by atoms with van der Waals surface area (Å²) in [6, 6.07) is 3.13. The summed E-state index contributed by atoms with van der Waals surface area (Å²) < 4.78 is 5.51. The van der Waals surface area contributed by atoms with Crippen LogP contribution in [0.2, 0.25) is 0 Å². The number of phenolic OH excluding ortho intramolecular Hbond substituents is 2. The Hall–Kier alpha value is -1.26. The van der Waals surface area contributed by atoms with Crippen molar-refractivity contribution in [2.75, 3.05) is 19.7 Å². The lowest BCUT2D eigenvalue weighted by molar-refractivity contribution is 0.0262. The van der Waals surface area contributed by atoms with Crippen LogP contribution in [0.5, 0.6) is 11.5 Å². The summed E-state index contributed by atoms with van der Waals surface area (Å²) in [5.41, 5.74) is 1.31. The lowest BCUT2D eigenvalue weighted by Gasteiger charge is -2.24. The molecule has 0 aromatic heterocycles. The molecule has 0 saturated carbocycles. The predicted octanol–water partition coefficient (Wildman–Crippen LogP) is 1.07. The third kappa shape index (κ3) is 2.06. The second kappa shape index (κ2) is 4.08. The minimum absolute atomic E-state index is 0.176. The second-order valence-electron chi connectivity index (χ2n) is 3.76. The van der Waals surface area contributed by atoms with Crippen LogP contribution in [0.3, 0.4) is 0 Å². The summed E-state index contributed by atoms with van der Waals surface area (Å²) in [4.78, 5) is 0. The van der Waals surface area contributed by atoms with E-state index in [2.05, 4.69) is 5.32 Å². The molecule has 3 N–H and O–H groups in total. The summed E-state index contributed by atoms with van der Waals surface area (Å²) >= 11 is 0. The van der Waals surface area contributed by atoms with Crippen LogP contribution in [0.1, 0.15) is 17.2 Å². The van der Waals surface area contributed by atoms with Crippen molar-refractivity contribution in [2.45, 2.75) is 13.0 Å². The third-order valence-corrected chi connectivity index (χ3v) is 2.62. The van der Waals surface area contributed by atoms with Crippen LogP contribution in [0, 0.1) is 6.92 Å². The highest BCUT2D eigenvalue weighted by atomic mass is 16.5. The van der Waals surface area contributed by atoms with Gasteiger partial charge < -0.3 is 20.3 Å². The molecule has 0 aliphatic carbocycles. The van der Waals surface area contributed by atoms with Gasteiger partial charge in [-0.05, 0) is 24.6 Å². The van der Waals surface area contributed by atoms with E-state index in [1.54, 1.807) is 19.1 Å². The van der Waals surface area contributed by atoms with E-state index in [1.165, 1.54) is 0 Å². The Labute approximate surface area is 88.5 Å². The van der Waals surface area contributed by atoms with Crippen LogP contribution in [0.4, 0.5) is 0 Å². The number of hydrogen-bond donors (Lipinski definition) is 3.